The van der Waals surface area contributed by atoms with E-state index in [2.05, 4.69) is 13.8 Å². The fourth-order valence-electron chi connectivity index (χ4n) is 6.74. The maximum atomic E-state index is 12.7. The van der Waals surface area contributed by atoms with Gasteiger partial charge in [-0.3, -0.25) is 23.4 Å². The molecule has 0 amide bonds. The van der Waals surface area contributed by atoms with Gasteiger partial charge in [-0.15, -0.1) is 0 Å². The first-order valence-corrected chi connectivity index (χ1v) is 23.0. The summed E-state index contributed by atoms with van der Waals surface area (Å²) >= 11 is 0. The van der Waals surface area contributed by atoms with Crippen molar-refractivity contribution >= 4 is 25.5 Å². The second-order valence-electron chi connectivity index (χ2n) is 16.5. The molecular weight excluding hydrogens is 725 g/mol. The first kappa shape index (κ1) is 51.4. The van der Waals surface area contributed by atoms with Gasteiger partial charge in [0.1, 0.15) is 25.5 Å². The van der Waals surface area contributed by atoms with E-state index in [4.69, 9.17) is 18.5 Å². The molecule has 0 aromatic rings. The average Bonchev–Trinajstić information content (AvgIpc) is 3.39. The monoisotopic (exact) mass is 805 g/mol. The van der Waals surface area contributed by atoms with Crippen LogP contribution in [0.15, 0.2) is 12.2 Å². The minimum atomic E-state index is -4.42. The zero-order valence-corrected chi connectivity index (χ0v) is 36.0. The Morgan fingerprint density at radius 3 is 1.95 bits per heavy atom. The van der Waals surface area contributed by atoms with Crippen LogP contribution in [0, 0.1) is 11.8 Å². The fraction of sp³-hybridized carbons (Fsp3) is 0.881. The summed E-state index contributed by atoms with van der Waals surface area (Å²) in [5.74, 6) is -1.50. The van der Waals surface area contributed by atoms with E-state index < -0.39 is 44.7 Å². The number of carbonyl (C=O) groups is 3. The first-order chi connectivity index (χ1) is 26.2. The standard InChI is InChI=1S/C42H78NO11P/c1-6-8-10-11-12-13-14-15-16-17-23-27-42(48)54-36(34-53-55(49,50)52-31-30-43(3,4)5)33-51-41(47)26-22-19-18-21-25-37-38(40(46)32-39(37)45)29-28-35(44)24-20-9-7-2/h28-29,35-39,44-45H,6-27,30-34H2,1-5H3/p+1/b29-28+/t35-,36+,37+,38+,39-/m0/s1. The average molecular weight is 805 g/mol. The Morgan fingerprint density at radius 2 is 1.35 bits per heavy atom. The summed E-state index contributed by atoms with van der Waals surface area (Å²) in [6.07, 6.45) is 21.7. The van der Waals surface area contributed by atoms with E-state index in [0.717, 1.165) is 57.8 Å². The van der Waals surface area contributed by atoms with Crippen LogP contribution in [-0.4, -0.2) is 103 Å². The van der Waals surface area contributed by atoms with Crippen LogP contribution >= 0.6 is 7.82 Å². The smallest absolute Gasteiger partial charge is 0.462 e. The van der Waals surface area contributed by atoms with Crippen molar-refractivity contribution in [1.82, 2.24) is 0 Å². The Hall–Kier alpha value is -1.66. The third-order valence-electron chi connectivity index (χ3n) is 10.2. The summed E-state index contributed by atoms with van der Waals surface area (Å²) in [6, 6.07) is 0. The molecule has 0 aromatic carbocycles. The molecule has 1 rings (SSSR count). The van der Waals surface area contributed by atoms with Gasteiger partial charge < -0.3 is 29.1 Å². The third-order valence-corrected chi connectivity index (χ3v) is 11.2. The van der Waals surface area contributed by atoms with Crippen molar-refractivity contribution in [3.8, 4) is 0 Å². The SMILES string of the molecule is CCCCCCCCCCCCCC(=O)O[C@H](COC(=O)CCCCCC[C@H]1[C@@H](O)CC(=O)[C@@H]1/C=C/[C@@H](O)CCCCC)COP(=O)(O)OCC[N+](C)(C)C. The highest BCUT2D eigenvalue weighted by atomic mass is 31.2. The minimum Gasteiger partial charge on any atom is -0.462 e. The van der Waals surface area contributed by atoms with Crippen molar-refractivity contribution in [2.24, 2.45) is 11.8 Å². The number of hydrogen-bond donors (Lipinski definition) is 3. The molecular formula is C42H79NO11P+. The number of aliphatic hydroxyl groups excluding tert-OH is 2. The number of ketones is 1. The van der Waals surface area contributed by atoms with Gasteiger partial charge in [-0.1, -0.05) is 129 Å². The molecule has 322 valence electrons. The van der Waals surface area contributed by atoms with Crippen LogP contribution in [0.5, 0.6) is 0 Å². The number of unbranched alkanes of at least 4 members (excludes halogenated alkanes) is 15. The number of esters is 2. The van der Waals surface area contributed by atoms with Gasteiger partial charge in [-0.2, -0.15) is 0 Å². The minimum absolute atomic E-state index is 0.00407. The number of phosphoric ester groups is 1. The molecule has 0 radical (unpaired) electrons. The van der Waals surface area contributed by atoms with Crippen molar-refractivity contribution in [1.29, 1.82) is 0 Å². The van der Waals surface area contributed by atoms with Crippen LogP contribution in [-0.2, 0) is 37.5 Å². The summed E-state index contributed by atoms with van der Waals surface area (Å²) in [5.41, 5.74) is 0. The number of quaternary nitrogens is 1. The molecule has 3 N–H and O–H groups in total. The Labute approximate surface area is 333 Å². The lowest BCUT2D eigenvalue weighted by Crippen LogP contribution is -2.37. The Bertz CT molecular complexity index is 1110. The fourth-order valence-corrected chi connectivity index (χ4v) is 7.48. The molecule has 13 heteroatoms. The predicted octanol–water partition coefficient (Wildman–Crippen LogP) is 8.39. The highest BCUT2D eigenvalue weighted by Gasteiger charge is 2.39. The van der Waals surface area contributed by atoms with Crippen molar-refractivity contribution in [3.63, 3.8) is 0 Å². The molecule has 0 aromatic heterocycles. The first-order valence-electron chi connectivity index (χ1n) is 21.5. The summed E-state index contributed by atoms with van der Waals surface area (Å²) in [6.45, 7) is 4.04. The highest BCUT2D eigenvalue weighted by Crippen LogP contribution is 2.43. The molecule has 0 aliphatic heterocycles. The van der Waals surface area contributed by atoms with Gasteiger partial charge >= 0.3 is 19.8 Å². The molecule has 1 fully saturated rings. The van der Waals surface area contributed by atoms with Gasteiger partial charge in [0.2, 0.25) is 0 Å². The molecule has 0 spiro atoms. The van der Waals surface area contributed by atoms with E-state index in [0.29, 0.717) is 36.7 Å². The molecule has 6 atom stereocenters. The molecule has 1 saturated carbocycles. The number of nitrogens with zero attached hydrogens (tertiary/aromatic N) is 1. The summed E-state index contributed by atoms with van der Waals surface area (Å²) in [5, 5.41) is 20.8. The number of Topliss-reactive ketones (excluding diaryl/α,β-unsaturated/α-hetero) is 1. The van der Waals surface area contributed by atoms with Gasteiger partial charge in [0.15, 0.2) is 6.10 Å². The van der Waals surface area contributed by atoms with Crippen LogP contribution in [0.25, 0.3) is 0 Å². The number of allylic oxidation sites excluding steroid dienone is 1. The number of rotatable bonds is 35. The number of aliphatic hydroxyl groups is 2. The second kappa shape index (κ2) is 30.4. The molecule has 55 heavy (non-hydrogen) atoms. The van der Waals surface area contributed by atoms with Crippen molar-refractivity contribution in [2.45, 2.75) is 180 Å². The van der Waals surface area contributed by atoms with E-state index in [-0.39, 0.29) is 50.1 Å². The molecule has 1 aliphatic rings. The molecule has 0 saturated heterocycles. The van der Waals surface area contributed by atoms with Crippen LogP contribution in [0.2, 0.25) is 0 Å². The van der Waals surface area contributed by atoms with E-state index >= 15 is 0 Å². The lowest BCUT2D eigenvalue weighted by Gasteiger charge is -2.24. The zero-order chi connectivity index (χ0) is 41.0. The second-order valence-corrected chi connectivity index (χ2v) is 18.0. The van der Waals surface area contributed by atoms with Crippen molar-refractivity contribution in [3.05, 3.63) is 12.2 Å². The number of ether oxygens (including phenoxy) is 2. The molecule has 0 heterocycles. The normalized spacial score (nSPS) is 19.8. The van der Waals surface area contributed by atoms with Crippen LogP contribution in [0.3, 0.4) is 0 Å². The van der Waals surface area contributed by atoms with E-state index in [1.807, 2.05) is 21.1 Å². The molecule has 1 aliphatic carbocycles. The summed E-state index contributed by atoms with van der Waals surface area (Å²) in [4.78, 5) is 48.0. The van der Waals surface area contributed by atoms with Gasteiger partial charge in [-0.25, -0.2) is 4.57 Å². The topological polar surface area (TPSA) is 166 Å². The van der Waals surface area contributed by atoms with E-state index in [1.54, 1.807) is 12.2 Å². The van der Waals surface area contributed by atoms with E-state index in [9.17, 15) is 34.1 Å². The van der Waals surface area contributed by atoms with Gasteiger partial charge in [-0.05, 0) is 31.6 Å². The molecule has 12 nitrogen and oxygen atoms in total. The molecule has 1 unspecified atom stereocenters. The summed E-state index contributed by atoms with van der Waals surface area (Å²) < 4.78 is 34.2. The largest absolute Gasteiger partial charge is 0.472 e. The van der Waals surface area contributed by atoms with Gasteiger partial charge in [0, 0.05) is 25.2 Å². The van der Waals surface area contributed by atoms with Crippen LogP contribution in [0.1, 0.15) is 162 Å². The maximum Gasteiger partial charge on any atom is 0.472 e. The van der Waals surface area contributed by atoms with Crippen LogP contribution in [0.4, 0.5) is 0 Å². The third kappa shape index (κ3) is 27.6. The number of phosphoric acid groups is 1. The van der Waals surface area contributed by atoms with Crippen molar-refractivity contribution in [2.75, 3.05) is 47.5 Å². The van der Waals surface area contributed by atoms with E-state index in [1.165, 1.54) is 44.9 Å². The zero-order valence-electron chi connectivity index (χ0n) is 35.1. The summed E-state index contributed by atoms with van der Waals surface area (Å²) in [7, 11) is 1.35. The maximum absolute atomic E-state index is 12.7. The lowest BCUT2D eigenvalue weighted by atomic mass is 9.88. The number of likely N-dealkylation sites (N-methyl/N-ethyl adjacent to an activating group) is 1. The van der Waals surface area contributed by atoms with Crippen LogP contribution < -0.4 is 0 Å². The Morgan fingerprint density at radius 1 is 0.800 bits per heavy atom. The van der Waals surface area contributed by atoms with Crippen molar-refractivity contribution < 1.29 is 57.1 Å². The highest BCUT2D eigenvalue weighted by molar-refractivity contribution is 7.47. The quantitative estimate of drug-likeness (QED) is 0.0185. The number of carbonyl (C=O) groups excluding carboxylic acids is 3. The Balaban J connectivity index is 2.48. The Kier molecular flexibility index (Phi) is 28.4. The molecule has 0 bridgehead atoms. The van der Waals surface area contributed by atoms with Gasteiger partial charge in [0.05, 0.1) is 40.0 Å². The predicted molar refractivity (Wildman–Crippen MR) is 216 cm³/mol. The number of hydrogen-bond acceptors (Lipinski definition) is 10. The lowest BCUT2D eigenvalue weighted by molar-refractivity contribution is -0.870. The van der Waals surface area contributed by atoms with Gasteiger partial charge in [0.25, 0.3) is 0 Å².